The Kier molecular flexibility index (Phi) is 3.97. The highest BCUT2D eigenvalue weighted by molar-refractivity contribution is 5.38. The highest BCUT2D eigenvalue weighted by atomic mass is 16.5. The second kappa shape index (κ2) is 5.90. The van der Waals surface area contributed by atoms with Gasteiger partial charge in [-0.05, 0) is 38.0 Å². The van der Waals surface area contributed by atoms with Gasteiger partial charge < -0.3 is 9.84 Å². The van der Waals surface area contributed by atoms with Crippen LogP contribution in [0.15, 0.2) is 30.3 Å². The van der Waals surface area contributed by atoms with Crippen molar-refractivity contribution in [3.63, 3.8) is 0 Å². The minimum atomic E-state index is -0.406. The van der Waals surface area contributed by atoms with Crippen LogP contribution < -0.4 is 4.74 Å². The predicted octanol–water partition coefficient (Wildman–Crippen LogP) is 2.68. The summed E-state index contributed by atoms with van der Waals surface area (Å²) in [5.41, 5.74) is 3.23. The van der Waals surface area contributed by atoms with Crippen LogP contribution >= 0.6 is 0 Å². The third kappa shape index (κ3) is 2.81. The first-order chi connectivity index (χ1) is 10.2. The fraction of sp³-hybridized carbons (Fsp3) is 0.471. The van der Waals surface area contributed by atoms with E-state index in [9.17, 15) is 5.11 Å². The van der Waals surface area contributed by atoms with E-state index in [1.807, 2.05) is 29.8 Å². The normalized spacial score (nSPS) is 18.9. The molecule has 0 aliphatic carbocycles. The minimum absolute atomic E-state index is 0.135. The zero-order valence-electron chi connectivity index (χ0n) is 12.6. The second-order valence-corrected chi connectivity index (χ2v) is 5.65. The average molecular weight is 286 g/mol. The molecule has 2 aromatic rings. The van der Waals surface area contributed by atoms with Gasteiger partial charge in [0.25, 0.3) is 0 Å². The fourth-order valence-corrected chi connectivity index (χ4v) is 3.16. The summed E-state index contributed by atoms with van der Waals surface area (Å²) in [6.45, 7) is 5.57. The summed E-state index contributed by atoms with van der Waals surface area (Å²) in [6.07, 6.45) is 1.09. The number of para-hydroxylation sites is 1. The van der Waals surface area contributed by atoms with Crippen LogP contribution in [0, 0.1) is 6.92 Å². The van der Waals surface area contributed by atoms with Gasteiger partial charge in [0.1, 0.15) is 5.75 Å². The molecule has 0 fully saturated rings. The molecule has 2 atom stereocenters. The van der Waals surface area contributed by atoms with Crippen LogP contribution in [0.3, 0.4) is 0 Å². The van der Waals surface area contributed by atoms with Crippen molar-refractivity contribution in [3.8, 4) is 5.75 Å². The largest absolute Gasteiger partial charge is 0.493 e. The lowest BCUT2D eigenvalue weighted by molar-refractivity contribution is 0.114. The Morgan fingerprint density at radius 2 is 2.24 bits per heavy atom. The quantitative estimate of drug-likeness (QED) is 0.940. The maximum atomic E-state index is 10.7. The Morgan fingerprint density at radius 3 is 3.05 bits per heavy atom. The molecule has 0 saturated carbocycles. The summed E-state index contributed by atoms with van der Waals surface area (Å²) in [7, 11) is 0. The standard InChI is InChI=1S/C17H22N2O2/c1-3-19-13(10-12(2)18-19)11-16(20)14-8-9-21-17-7-5-4-6-15(14)17/h4-7,10,14,16,20H,3,8-9,11H2,1-2H3. The van der Waals surface area contributed by atoms with Gasteiger partial charge in [0.05, 0.1) is 18.4 Å². The lowest BCUT2D eigenvalue weighted by Gasteiger charge is -2.29. The molecular weight excluding hydrogens is 264 g/mol. The predicted molar refractivity (Wildman–Crippen MR) is 81.6 cm³/mol. The average Bonchev–Trinajstić information content (AvgIpc) is 2.86. The monoisotopic (exact) mass is 286 g/mol. The van der Waals surface area contributed by atoms with Gasteiger partial charge in [0.2, 0.25) is 0 Å². The molecule has 1 aromatic heterocycles. The summed E-state index contributed by atoms with van der Waals surface area (Å²) in [4.78, 5) is 0. The molecule has 0 spiro atoms. The third-order valence-electron chi connectivity index (χ3n) is 4.17. The van der Waals surface area contributed by atoms with Crippen LogP contribution in [0.4, 0.5) is 0 Å². The van der Waals surface area contributed by atoms with E-state index < -0.39 is 6.10 Å². The Balaban J connectivity index is 1.81. The molecule has 0 saturated heterocycles. The van der Waals surface area contributed by atoms with E-state index in [1.54, 1.807) is 0 Å². The van der Waals surface area contributed by atoms with Gasteiger partial charge in [0.15, 0.2) is 0 Å². The smallest absolute Gasteiger partial charge is 0.122 e. The van der Waals surface area contributed by atoms with E-state index in [4.69, 9.17) is 4.74 Å². The molecule has 3 rings (SSSR count). The summed E-state index contributed by atoms with van der Waals surface area (Å²) >= 11 is 0. The number of hydrogen-bond donors (Lipinski definition) is 1. The molecule has 2 heterocycles. The molecule has 0 bridgehead atoms. The van der Waals surface area contributed by atoms with E-state index in [0.717, 1.165) is 35.7 Å². The van der Waals surface area contributed by atoms with Crippen molar-refractivity contribution in [2.24, 2.45) is 0 Å². The van der Waals surface area contributed by atoms with Crippen molar-refractivity contribution in [2.75, 3.05) is 6.61 Å². The zero-order chi connectivity index (χ0) is 14.8. The number of aryl methyl sites for hydroxylation is 2. The van der Waals surface area contributed by atoms with Crippen molar-refractivity contribution < 1.29 is 9.84 Å². The first-order valence-electron chi connectivity index (χ1n) is 7.62. The Bertz CT molecular complexity index is 621. The number of ether oxygens (including phenoxy) is 1. The number of nitrogens with zero attached hydrogens (tertiary/aromatic N) is 2. The van der Waals surface area contributed by atoms with Crippen molar-refractivity contribution in [2.45, 2.75) is 45.3 Å². The number of rotatable bonds is 4. The molecule has 112 valence electrons. The first-order valence-corrected chi connectivity index (χ1v) is 7.62. The highest BCUT2D eigenvalue weighted by Gasteiger charge is 2.28. The number of fused-ring (bicyclic) bond motifs is 1. The molecule has 1 aromatic carbocycles. The molecule has 4 nitrogen and oxygen atoms in total. The van der Waals surface area contributed by atoms with Gasteiger partial charge in [-0.15, -0.1) is 0 Å². The van der Waals surface area contributed by atoms with Crippen LogP contribution in [0.2, 0.25) is 0 Å². The third-order valence-corrected chi connectivity index (χ3v) is 4.17. The number of hydrogen-bond acceptors (Lipinski definition) is 3. The van der Waals surface area contributed by atoms with Gasteiger partial charge >= 0.3 is 0 Å². The number of aromatic nitrogens is 2. The van der Waals surface area contributed by atoms with Crippen LogP contribution in [0.5, 0.6) is 5.75 Å². The Hall–Kier alpha value is -1.81. The summed E-state index contributed by atoms with van der Waals surface area (Å²) in [5, 5.41) is 15.2. The van der Waals surface area contributed by atoms with Gasteiger partial charge in [-0.2, -0.15) is 5.10 Å². The lowest BCUT2D eigenvalue weighted by atomic mass is 9.86. The second-order valence-electron chi connectivity index (χ2n) is 5.65. The Morgan fingerprint density at radius 1 is 1.43 bits per heavy atom. The molecule has 0 radical (unpaired) electrons. The molecule has 21 heavy (non-hydrogen) atoms. The van der Waals surface area contributed by atoms with E-state index in [-0.39, 0.29) is 5.92 Å². The van der Waals surface area contributed by atoms with E-state index in [2.05, 4.69) is 24.2 Å². The van der Waals surface area contributed by atoms with Crippen molar-refractivity contribution in [1.29, 1.82) is 0 Å². The molecule has 1 aliphatic heterocycles. The molecule has 0 amide bonds. The fourth-order valence-electron chi connectivity index (χ4n) is 3.16. The number of aliphatic hydroxyl groups is 1. The highest BCUT2D eigenvalue weighted by Crippen LogP contribution is 2.36. The van der Waals surface area contributed by atoms with Crippen LogP contribution in [0.1, 0.15) is 36.2 Å². The molecule has 1 aliphatic rings. The maximum absolute atomic E-state index is 10.7. The van der Waals surface area contributed by atoms with Gasteiger partial charge in [-0.1, -0.05) is 18.2 Å². The molecule has 4 heteroatoms. The van der Waals surface area contributed by atoms with Gasteiger partial charge in [-0.25, -0.2) is 0 Å². The minimum Gasteiger partial charge on any atom is -0.493 e. The molecule has 1 N–H and O–H groups in total. The lowest BCUT2D eigenvalue weighted by Crippen LogP contribution is -2.27. The topological polar surface area (TPSA) is 47.3 Å². The molecule has 2 unspecified atom stereocenters. The van der Waals surface area contributed by atoms with Crippen LogP contribution in [0.25, 0.3) is 0 Å². The van der Waals surface area contributed by atoms with Crippen LogP contribution in [-0.4, -0.2) is 27.6 Å². The van der Waals surface area contributed by atoms with Crippen LogP contribution in [-0.2, 0) is 13.0 Å². The maximum Gasteiger partial charge on any atom is 0.122 e. The zero-order valence-corrected chi connectivity index (χ0v) is 12.6. The van der Waals surface area contributed by atoms with Gasteiger partial charge in [-0.3, -0.25) is 4.68 Å². The SMILES string of the molecule is CCn1nc(C)cc1CC(O)C1CCOc2ccccc21. The number of aliphatic hydroxyl groups excluding tert-OH is 1. The molecular formula is C17H22N2O2. The van der Waals surface area contributed by atoms with Crippen molar-refractivity contribution in [3.05, 3.63) is 47.3 Å². The van der Waals surface area contributed by atoms with E-state index in [0.29, 0.717) is 13.0 Å². The van der Waals surface area contributed by atoms with E-state index in [1.165, 1.54) is 0 Å². The Labute approximate surface area is 125 Å². The number of benzene rings is 1. The van der Waals surface area contributed by atoms with Crippen molar-refractivity contribution >= 4 is 0 Å². The van der Waals surface area contributed by atoms with E-state index >= 15 is 0 Å². The summed E-state index contributed by atoms with van der Waals surface area (Å²) in [6, 6.07) is 10.1. The van der Waals surface area contributed by atoms with Gasteiger partial charge in [0, 0.05) is 24.6 Å². The first kappa shape index (κ1) is 14.1. The summed E-state index contributed by atoms with van der Waals surface area (Å²) < 4.78 is 7.65. The summed E-state index contributed by atoms with van der Waals surface area (Å²) in [5.74, 6) is 1.04. The van der Waals surface area contributed by atoms with Crippen molar-refractivity contribution in [1.82, 2.24) is 9.78 Å².